The average Bonchev–Trinajstić information content (AvgIpc) is 2.82. The average molecular weight is 464 g/mol. The molecular weight excluding hydrogens is 440 g/mol. The molecule has 0 spiro atoms. The van der Waals surface area contributed by atoms with Gasteiger partial charge in [0.1, 0.15) is 0 Å². The molecule has 0 saturated heterocycles. The van der Waals surface area contributed by atoms with E-state index in [9.17, 15) is 19.2 Å². The predicted octanol–water partition coefficient (Wildman–Crippen LogP) is 1.98. The molecule has 2 amide bonds. The molecule has 0 atom stereocenters. The Morgan fingerprint density at radius 1 is 0.735 bits per heavy atom. The summed E-state index contributed by atoms with van der Waals surface area (Å²) in [7, 11) is 0. The maximum absolute atomic E-state index is 12.7. The molecule has 0 aromatic heterocycles. The minimum Gasteiger partial charge on any atom is -0.461 e. The van der Waals surface area contributed by atoms with E-state index in [1.165, 1.54) is 0 Å². The quantitative estimate of drug-likeness (QED) is 0.525. The summed E-state index contributed by atoms with van der Waals surface area (Å²) in [5.74, 6) is -3.34. The van der Waals surface area contributed by atoms with Gasteiger partial charge in [-0.3, -0.25) is 19.6 Å². The van der Waals surface area contributed by atoms with Crippen LogP contribution in [0.15, 0.2) is 58.5 Å². The van der Waals surface area contributed by atoms with Crippen LogP contribution in [0.2, 0.25) is 0 Å². The van der Waals surface area contributed by atoms with Crippen LogP contribution in [0, 0.1) is 0 Å². The Bertz CT molecular complexity index is 1080. The number of nitrogens with one attached hydrogen (secondary N) is 2. The van der Waals surface area contributed by atoms with Crippen molar-refractivity contribution in [2.24, 2.45) is 9.98 Å². The second-order valence-corrected chi connectivity index (χ2v) is 6.90. The number of nitrogens with zero attached hydrogens (tertiary/aromatic N) is 2. The molecule has 1 aliphatic rings. The molecule has 10 heteroatoms. The van der Waals surface area contributed by atoms with E-state index in [-0.39, 0.29) is 60.2 Å². The lowest BCUT2D eigenvalue weighted by molar-refractivity contribution is -0.135. The standard InChI is InChI=1S/C24H24N4O6/c1-3-33-23(31)19-15-9-5-7-11-17(15)27-21(29)22(30)28-18-12-8-6-10-16(18)20(24(32)34-4-2)26-14-13-25-19/h5-12H,3-4,13-14H2,1-2H3,(H,27,29)(H,28,30). The van der Waals surface area contributed by atoms with Crippen molar-refractivity contribution >= 4 is 46.6 Å². The highest BCUT2D eigenvalue weighted by atomic mass is 16.5. The summed E-state index contributed by atoms with van der Waals surface area (Å²) in [6, 6.07) is 12.9. The Morgan fingerprint density at radius 3 is 1.50 bits per heavy atom. The fourth-order valence-electron chi connectivity index (χ4n) is 3.20. The molecule has 1 aliphatic heterocycles. The van der Waals surface area contributed by atoms with Gasteiger partial charge in [-0.1, -0.05) is 36.4 Å². The van der Waals surface area contributed by atoms with Crippen LogP contribution >= 0.6 is 0 Å². The fourth-order valence-corrected chi connectivity index (χ4v) is 3.20. The van der Waals surface area contributed by atoms with Crippen molar-refractivity contribution in [1.29, 1.82) is 0 Å². The summed E-state index contributed by atoms with van der Waals surface area (Å²) in [4.78, 5) is 59.3. The number of fused-ring (bicyclic) bond motifs is 2. The SMILES string of the molecule is CCOC(=O)C1=NCCN=C(C(=O)OCC)c2ccccc2NC(=O)C(=O)Nc2ccccc21. The van der Waals surface area contributed by atoms with Crippen molar-refractivity contribution in [2.75, 3.05) is 36.9 Å². The van der Waals surface area contributed by atoms with Crippen LogP contribution in [0.4, 0.5) is 11.4 Å². The number of hydrogen-bond acceptors (Lipinski definition) is 8. The molecule has 3 rings (SSSR count). The zero-order chi connectivity index (χ0) is 24.5. The summed E-state index contributed by atoms with van der Waals surface area (Å²) >= 11 is 0. The zero-order valence-corrected chi connectivity index (χ0v) is 18.8. The topological polar surface area (TPSA) is 136 Å². The van der Waals surface area contributed by atoms with Crippen LogP contribution in [0.1, 0.15) is 25.0 Å². The molecule has 0 saturated carbocycles. The Hall–Kier alpha value is -4.34. The van der Waals surface area contributed by atoms with E-state index in [2.05, 4.69) is 20.6 Å². The Balaban J connectivity index is 2.13. The summed E-state index contributed by atoms with van der Waals surface area (Å²) in [6.45, 7) is 3.66. The second kappa shape index (κ2) is 11.5. The number of ether oxygens (including phenoxy) is 2. The molecular formula is C24H24N4O6. The molecule has 2 aromatic carbocycles. The van der Waals surface area contributed by atoms with Crippen LogP contribution in [0.5, 0.6) is 0 Å². The molecule has 0 radical (unpaired) electrons. The Morgan fingerprint density at radius 2 is 1.12 bits per heavy atom. The molecule has 2 aromatic rings. The lowest BCUT2D eigenvalue weighted by Crippen LogP contribution is -2.31. The number of hydrogen-bond donors (Lipinski definition) is 2. The third-order valence-corrected chi connectivity index (χ3v) is 4.64. The van der Waals surface area contributed by atoms with E-state index in [1.807, 2.05) is 0 Å². The van der Waals surface area contributed by atoms with E-state index >= 15 is 0 Å². The van der Waals surface area contributed by atoms with Crippen molar-refractivity contribution in [3.63, 3.8) is 0 Å². The van der Waals surface area contributed by atoms with E-state index in [0.717, 1.165) is 0 Å². The van der Waals surface area contributed by atoms with Gasteiger partial charge >= 0.3 is 23.8 Å². The Kier molecular flexibility index (Phi) is 8.22. The van der Waals surface area contributed by atoms with Gasteiger partial charge in [0.2, 0.25) is 0 Å². The first-order valence-corrected chi connectivity index (χ1v) is 10.7. The number of anilines is 2. The van der Waals surface area contributed by atoms with Crippen molar-refractivity contribution in [1.82, 2.24) is 0 Å². The largest absolute Gasteiger partial charge is 0.461 e. The molecule has 1 heterocycles. The van der Waals surface area contributed by atoms with Crippen molar-refractivity contribution < 1.29 is 28.7 Å². The van der Waals surface area contributed by atoms with Gasteiger partial charge in [-0.05, 0) is 26.0 Å². The number of aliphatic imine (C=N–C) groups is 2. The van der Waals surface area contributed by atoms with Gasteiger partial charge in [-0.25, -0.2) is 9.59 Å². The van der Waals surface area contributed by atoms with E-state index in [0.29, 0.717) is 0 Å². The van der Waals surface area contributed by atoms with Crippen molar-refractivity contribution in [3.05, 3.63) is 59.7 Å². The van der Waals surface area contributed by atoms with Gasteiger partial charge < -0.3 is 20.1 Å². The summed E-state index contributed by atoms with van der Waals surface area (Å²) < 4.78 is 10.2. The number of rotatable bonds is 4. The highest BCUT2D eigenvalue weighted by Crippen LogP contribution is 2.20. The minimum absolute atomic E-state index is 0.0384. The predicted molar refractivity (Wildman–Crippen MR) is 126 cm³/mol. The van der Waals surface area contributed by atoms with E-state index < -0.39 is 23.8 Å². The number of esters is 2. The van der Waals surface area contributed by atoms with Crippen LogP contribution in [-0.2, 0) is 28.7 Å². The molecule has 0 unspecified atom stereocenters. The Labute approximate surface area is 196 Å². The van der Waals surface area contributed by atoms with E-state index in [1.54, 1.807) is 62.4 Å². The summed E-state index contributed by atoms with van der Waals surface area (Å²) in [5, 5.41) is 5.03. The molecule has 2 N–H and O–H groups in total. The molecule has 0 aliphatic carbocycles. The molecule has 176 valence electrons. The van der Waals surface area contributed by atoms with Crippen molar-refractivity contribution in [3.8, 4) is 0 Å². The normalized spacial score (nSPS) is 14.2. The van der Waals surface area contributed by atoms with Gasteiger partial charge in [-0.2, -0.15) is 0 Å². The van der Waals surface area contributed by atoms with Crippen LogP contribution in [-0.4, -0.2) is 61.5 Å². The highest BCUT2D eigenvalue weighted by Gasteiger charge is 2.24. The smallest absolute Gasteiger partial charge is 0.357 e. The number of carbonyl (C=O) groups is 4. The second-order valence-electron chi connectivity index (χ2n) is 6.90. The number of benzene rings is 2. The number of carbonyl (C=O) groups excluding carboxylic acids is 4. The number of amides is 2. The minimum atomic E-state index is -0.975. The number of para-hydroxylation sites is 2. The van der Waals surface area contributed by atoms with Crippen LogP contribution in [0.25, 0.3) is 0 Å². The molecule has 0 fully saturated rings. The lowest BCUT2D eigenvalue weighted by Gasteiger charge is -2.15. The van der Waals surface area contributed by atoms with Gasteiger partial charge in [0.15, 0.2) is 11.4 Å². The van der Waals surface area contributed by atoms with Crippen molar-refractivity contribution in [2.45, 2.75) is 13.8 Å². The summed E-state index contributed by atoms with van der Waals surface area (Å²) in [5.41, 5.74) is 0.932. The first-order valence-electron chi connectivity index (χ1n) is 10.7. The molecule has 34 heavy (non-hydrogen) atoms. The maximum atomic E-state index is 12.7. The van der Waals surface area contributed by atoms with Gasteiger partial charge in [0.05, 0.1) is 37.7 Å². The van der Waals surface area contributed by atoms with Crippen LogP contribution in [0.3, 0.4) is 0 Å². The first kappa shape index (κ1) is 24.3. The lowest BCUT2D eigenvalue weighted by atomic mass is 10.1. The van der Waals surface area contributed by atoms with Gasteiger partial charge in [0.25, 0.3) is 0 Å². The maximum Gasteiger partial charge on any atom is 0.357 e. The molecule has 0 bridgehead atoms. The third kappa shape index (κ3) is 5.71. The fraction of sp³-hybridized carbons (Fsp3) is 0.250. The van der Waals surface area contributed by atoms with Gasteiger partial charge in [-0.15, -0.1) is 0 Å². The highest BCUT2D eigenvalue weighted by molar-refractivity contribution is 6.48. The molecule has 10 nitrogen and oxygen atoms in total. The van der Waals surface area contributed by atoms with E-state index in [4.69, 9.17) is 9.47 Å². The summed E-state index contributed by atoms with van der Waals surface area (Å²) in [6.07, 6.45) is 0. The van der Waals surface area contributed by atoms with Crippen LogP contribution < -0.4 is 10.6 Å². The first-order chi connectivity index (χ1) is 16.5. The monoisotopic (exact) mass is 464 g/mol. The third-order valence-electron chi connectivity index (χ3n) is 4.64. The van der Waals surface area contributed by atoms with Gasteiger partial charge in [0, 0.05) is 11.1 Å². The zero-order valence-electron chi connectivity index (χ0n) is 18.8.